The highest BCUT2D eigenvalue weighted by molar-refractivity contribution is 5.95. The van der Waals surface area contributed by atoms with E-state index < -0.39 is 48.6 Å². The van der Waals surface area contributed by atoms with Gasteiger partial charge in [-0.15, -0.1) is 0 Å². The van der Waals surface area contributed by atoms with E-state index >= 15 is 0 Å². The number of anilines is 1. The molecule has 34 heavy (non-hydrogen) atoms. The smallest absolute Gasteiger partial charge is 0.351 e. The van der Waals surface area contributed by atoms with Gasteiger partial charge in [0.1, 0.15) is 36.3 Å². The van der Waals surface area contributed by atoms with Crippen LogP contribution in [0.5, 0.6) is 0 Å². The van der Waals surface area contributed by atoms with Crippen LogP contribution in [-0.2, 0) is 9.47 Å². The Kier molecular flexibility index (Phi) is 10.3. The zero-order chi connectivity index (χ0) is 25.4. The van der Waals surface area contributed by atoms with Crippen molar-refractivity contribution in [1.29, 1.82) is 0 Å². The highest BCUT2D eigenvalue weighted by Gasteiger charge is 2.39. The maximum atomic E-state index is 11.5. The van der Waals surface area contributed by atoms with Crippen LogP contribution >= 0.6 is 0 Å². The lowest BCUT2D eigenvalue weighted by molar-refractivity contribution is -0.0631. The minimum atomic E-state index is -0.778. The van der Waals surface area contributed by atoms with Crippen LogP contribution in [0.25, 0.3) is 0 Å². The Bertz CT molecular complexity index is 897. The first-order valence-corrected chi connectivity index (χ1v) is 10.5. The number of aliphatic imine (C=N–C) groups is 1. The summed E-state index contributed by atoms with van der Waals surface area (Å²) >= 11 is 0. The fourth-order valence-corrected chi connectivity index (χ4v) is 3.61. The molecule has 192 valence electrons. The molecule has 15 nitrogen and oxygen atoms in total. The van der Waals surface area contributed by atoms with E-state index in [0.717, 1.165) is 7.11 Å². The van der Waals surface area contributed by atoms with Gasteiger partial charge in [0, 0.05) is 39.1 Å². The van der Waals surface area contributed by atoms with Crippen molar-refractivity contribution in [3.63, 3.8) is 0 Å². The number of urea groups is 1. The van der Waals surface area contributed by atoms with Gasteiger partial charge in [-0.25, -0.2) is 9.59 Å². The highest BCUT2D eigenvalue weighted by Crippen LogP contribution is 2.27. The number of amides is 2. The Balaban J connectivity index is 0.000000224. The third-order valence-corrected chi connectivity index (χ3v) is 5.37. The zero-order valence-corrected chi connectivity index (χ0v) is 18.7. The van der Waals surface area contributed by atoms with Gasteiger partial charge < -0.3 is 46.5 Å². The number of hydrogen-bond acceptors (Lipinski definition) is 12. The predicted molar refractivity (Wildman–Crippen MR) is 117 cm³/mol. The van der Waals surface area contributed by atoms with Gasteiger partial charge >= 0.3 is 11.7 Å². The molecule has 15 heteroatoms. The van der Waals surface area contributed by atoms with Crippen molar-refractivity contribution >= 4 is 17.7 Å². The number of nitrogens with zero attached hydrogens (tertiary/aromatic N) is 4. The second-order valence-corrected chi connectivity index (χ2v) is 7.60. The molecule has 4 rings (SSSR count). The first-order valence-electron chi connectivity index (χ1n) is 10.5. The van der Waals surface area contributed by atoms with E-state index in [0.29, 0.717) is 25.2 Å². The monoisotopic (exact) mass is 488 g/mol. The molecule has 2 amide bonds. The molecule has 2 fully saturated rings. The molecule has 4 heterocycles. The topological polar surface area (TPSA) is 239 Å². The zero-order valence-electron chi connectivity index (χ0n) is 18.7. The minimum Gasteiger partial charge on any atom is -0.400 e. The summed E-state index contributed by atoms with van der Waals surface area (Å²) in [5, 5.41) is 43.9. The Morgan fingerprint density at radius 1 is 1.03 bits per heavy atom. The summed E-state index contributed by atoms with van der Waals surface area (Å²) < 4.78 is 11.9. The molecule has 1 aromatic rings. The van der Waals surface area contributed by atoms with Crippen LogP contribution in [0.15, 0.2) is 22.1 Å². The number of amidine groups is 1. The molecule has 6 atom stereocenters. The maximum absolute atomic E-state index is 11.5. The summed E-state index contributed by atoms with van der Waals surface area (Å²) in [6.45, 7) is -0.108. The van der Waals surface area contributed by atoms with Crippen molar-refractivity contribution in [2.24, 2.45) is 10.7 Å². The molecule has 0 bridgehead atoms. The second kappa shape index (κ2) is 12.7. The summed E-state index contributed by atoms with van der Waals surface area (Å²) in [6.07, 6.45) is -1.42. The molecular weight excluding hydrogens is 456 g/mol. The van der Waals surface area contributed by atoms with Crippen LogP contribution in [0.4, 0.5) is 10.6 Å². The molecule has 3 aliphatic rings. The van der Waals surface area contributed by atoms with Gasteiger partial charge in [-0.2, -0.15) is 9.98 Å². The average Bonchev–Trinajstić information content (AvgIpc) is 3.37. The number of aliphatic hydroxyl groups is 5. The van der Waals surface area contributed by atoms with E-state index in [-0.39, 0.29) is 25.5 Å². The van der Waals surface area contributed by atoms with Gasteiger partial charge in [-0.3, -0.25) is 9.47 Å². The van der Waals surface area contributed by atoms with Gasteiger partial charge in [0.25, 0.3) is 0 Å². The van der Waals surface area contributed by atoms with Crippen molar-refractivity contribution in [2.75, 3.05) is 32.6 Å². The Labute approximate surface area is 194 Å². The summed E-state index contributed by atoms with van der Waals surface area (Å²) in [4.78, 5) is 31.6. The van der Waals surface area contributed by atoms with Crippen molar-refractivity contribution in [3.8, 4) is 0 Å². The van der Waals surface area contributed by atoms with Crippen molar-refractivity contribution in [2.45, 2.75) is 56.1 Å². The van der Waals surface area contributed by atoms with Gasteiger partial charge in [0.05, 0.1) is 25.4 Å². The molecule has 3 aliphatic heterocycles. The number of nitrogen functional groups attached to an aromatic ring is 1. The third-order valence-electron chi connectivity index (χ3n) is 5.37. The van der Waals surface area contributed by atoms with Gasteiger partial charge in [-0.1, -0.05) is 0 Å². The number of carbonyl (C=O) groups is 1. The molecule has 0 radical (unpaired) electrons. The summed E-state index contributed by atoms with van der Waals surface area (Å²) in [7, 11) is 1.00. The highest BCUT2D eigenvalue weighted by atomic mass is 16.5. The summed E-state index contributed by atoms with van der Waals surface area (Å²) in [5.74, 6) is 0.456. The standard InChI is InChI=1S/C9H15N3O4.C9H13N3O4.CH4O/c2*10-7-1-2-12(9(15)11-7)8-3-5(14)6(4-13)16-8;1-2/h5-6,8,13-14H,1-4H2,(H2,10,11,15);1-2,5-6,8,13-14H,3-4H2,(H2,10,11,15);2H,1H3/t2*5?,6-,8-;/m11./s1. The predicted octanol–water partition coefficient (Wildman–Crippen LogP) is -3.29. The van der Waals surface area contributed by atoms with E-state index in [9.17, 15) is 19.8 Å². The SMILES string of the molecule is CO.NC1=NC(=O)N([C@H]2CC(O)[C@@H](CO)O2)CC1.Nc1ccn([C@H]2CC(O)[C@@H](CO)O2)c(=O)n1. The number of ether oxygens (including phenoxy) is 2. The van der Waals surface area contributed by atoms with Crippen LogP contribution < -0.4 is 17.2 Å². The van der Waals surface area contributed by atoms with Crippen LogP contribution in [-0.4, -0.2) is 109 Å². The van der Waals surface area contributed by atoms with E-state index in [1.807, 2.05) is 0 Å². The van der Waals surface area contributed by atoms with Crippen molar-refractivity contribution in [1.82, 2.24) is 14.5 Å². The number of hydrogen-bond donors (Lipinski definition) is 7. The lowest BCUT2D eigenvalue weighted by Crippen LogP contribution is -2.44. The molecule has 9 N–H and O–H groups in total. The first kappa shape index (κ1) is 27.6. The van der Waals surface area contributed by atoms with E-state index in [4.69, 9.17) is 36.3 Å². The lowest BCUT2D eigenvalue weighted by atomic mass is 10.2. The van der Waals surface area contributed by atoms with Crippen molar-refractivity contribution < 1.29 is 39.8 Å². The normalized spacial score (nSPS) is 30.7. The van der Waals surface area contributed by atoms with E-state index in [1.54, 1.807) is 0 Å². The summed E-state index contributed by atoms with van der Waals surface area (Å²) in [5.41, 5.74) is 10.3. The molecule has 2 saturated heterocycles. The third kappa shape index (κ3) is 6.69. The Morgan fingerprint density at radius 2 is 1.59 bits per heavy atom. The molecule has 0 saturated carbocycles. The molecule has 1 aromatic heterocycles. The molecule has 2 unspecified atom stereocenters. The molecule has 0 spiro atoms. The van der Waals surface area contributed by atoms with E-state index in [1.165, 1.54) is 21.7 Å². The fraction of sp³-hybridized carbons (Fsp3) is 0.684. The van der Waals surface area contributed by atoms with Crippen LogP contribution in [0.3, 0.4) is 0 Å². The summed E-state index contributed by atoms with van der Waals surface area (Å²) in [6, 6.07) is 1.03. The fourth-order valence-electron chi connectivity index (χ4n) is 3.61. The minimum absolute atomic E-state index is 0.138. The van der Waals surface area contributed by atoms with Crippen LogP contribution in [0.1, 0.15) is 25.5 Å². The number of aliphatic hydroxyl groups excluding tert-OH is 5. The average molecular weight is 488 g/mol. The molecular formula is C19H32N6O9. The van der Waals surface area contributed by atoms with Gasteiger partial charge in [0.15, 0.2) is 0 Å². The maximum Gasteiger partial charge on any atom is 0.351 e. The quantitative estimate of drug-likeness (QED) is 0.221. The van der Waals surface area contributed by atoms with E-state index in [2.05, 4.69) is 9.98 Å². The largest absolute Gasteiger partial charge is 0.400 e. The Morgan fingerprint density at radius 3 is 2.09 bits per heavy atom. The second-order valence-electron chi connectivity index (χ2n) is 7.60. The van der Waals surface area contributed by atoms with Crippen LogP contribution in [0, 0.1) is 0 Å². The van der Waals surface area contributed by atoms with Gasteiger partial charge in [0.2, 0.25) is 0 Å². The Hall–Kier alpha value is -2.66. The molecule has 0 aliphatic carbocycles. The lowest BCUT2D eigenvalue weighted by Gasteiger charge is -2.29. The number of rotatable bonds is 4. The number of carbonyl (C=O) groups excluding carboxylic acids is 1. The van der Waals surface area contributed by atoms with Crippen LogP contribution in [0.2, 0.25) is 0 Å². The van der Waals surface area contributed by atoms with Gasteiger partial charge in [-0.05, 0) is 6.07 Å². The first-order chi connectivity index (χ1) is 16.2. The number of aromatic nitrogens is 2. The molecule has 0 aromatic carbocycles. The number of nitrogens with two attached hydrogens (primary N) is 2. The van der Waals surface area contributed by atoms with Crippen molar-refractivity contribution in [3.05, 3.63) is 22.7 Å².